The molecule has 5 aromatic rings. The molecule has 1 N–H and O–H groups in total. The highest BCUT2D eigenvalue weighted by atomic mass is 35.5. The number of rotatable bonds is 7. The van der Waals surface area contributed by atoms with Gasteiger partial charge in [0.2, 0.25) is 5.91 Å². The van der Waals surface area contributed by atoms with Gasteiger partial charge in [-0.2, -0.15) is 0 Å². The van der Waals surface area contributed by atoms with Crippen LogP contribution in [0.15, 0.2) is 84.3 Å². The number of amides is 1. The first kappa shape index (κ1) is 22.2. The summed E-state index contributed by atoms with van der Waals surface area (Å²) in [5.41, 5.74) is 4.68. The molecule has 0 bridgehead atoms. The minimum absolute atomic E-state index is 0.118. The van der Waals surface area contributed by atoms with E-state index in [2.05, 4.69) is 32.2 Å². The van der Waals surface area contributed by atoms with Crippen LogP contribution in [-0.4, -0.2) is 30.2 Å². The van der Waals surface area contributed by atoms with Gasteiger partial charge in [-0.3, -0.25) is 9.36 Å². The van der Waals surface area contributed by atoms with Crippen LogP contribution >= 0.6 is 23.4 Å². The number of fused-ring (bicyclic) bond motifs is 1. The van der Waals surface area contributed by atoms with Gasteiger partial charge in [-0.1, -0.05) is 59.8 Å². The number of halogens is 1. The monoisotopic (exact) mass is 488 g/mol. The van der Waals surface area contributed by atoms with Crippen LogP contribution in [-0.2, 0) is 17.1 Å². The molecule has 0 aliphatic heterocycles. The Balaban J connectivity index is 1.44. The van der Waals surface area contributed by atoms with Crippen molar-refractivity contribution in [3.05, 3.63) is 95.5 Å². The van der Waals surface area contributed by atoms with E-state index in [0.717, 1.165) is 33.4 Å². The molecule has 5 rings (SSSR count). The average molecular weight is 489 g/mol. The highest BCUT2D eigenvalue weighted by Crippen LogP contribution is 2.28. The number of imidazole rings is 1. The van der Waals surface area contributed by atoms with Crippen LogP contribution in [0.25, 0.3) is 16.7 Å². The van der Waals surface area contributed by atoms with Gasteiger partial charge in [-0.05, 0) is 42.0 Å². The van der Waals surface area contributed by atoms with E-state index in [1.54, 1.807) is 18.1 Å². The fourth-order valence-corrected chi connectivity index (χ4v) is 4.81. The maximum Gasteiger partial charge on any atom is 0.221 e. The lowest BCUT2D eigenvalue weighted by atomic mass is 10.2. The minimum Gasteiger partial charge on any atom is -0.326 e. The quantitative estimate of drug-likeness (QED) is 0.303. The summed E-state index contributed by atoms with van der Waals surface area (Å²) in [6, 6.07) is 23.7. The lowest BCUT2D eigenvalue weighted by Gasteiger charge is -2.11. The molecule has 170 valence electrons. The van der Waals surface area contributed by atoms with Crippen molar-refractivity contribution in [1.29, 1.82) is 0 Å². The van der Waals surface area contributed by atoms with Gasteiger partial charge in [0, 0.05) is 24.2 Å². The molecular formula is C25H21ClN6OS. The Morgan fingerprint density at radius 2 is 1.91 bits per heavy atom. The molecule has 2 heterocycles. The lowest BCUT2D eigenvalue weighted by molar-refractivity contribution is -0.114. The number of nitrogens with zero attached hydrogens (tertiary/aromatic N) is 5. The Labute approximate surface area is 205 Å². The second-order valence-electron chi connectivity index (χ2n) is 7.74. The Kier molecular flexibility index (Phi) is 6.33. The second kappa shape index (κ2) is 9.70. The van der Waals surface area contributed by atoms with Gasteiger partial charge in [-0.15, -0.1) is 10.2 Å². The number of aromatic nitrogens is 5. The topological polar surface area (TPSA) is 77.6 Å². The molecule has 0 aliphatic rings. The van der Waals surface area contributed by atoms with Crippen molar-refractivity contribution in [3.8, 4) is 5.69 Å². The summed E-state index contributed by atoms with van der Waals surface area (Å²) in [6.07, 6.45) is 1.67. The maximum atomic E-state index is 11.4. The molecule has 0 spiro atoms. The van der Waals surface area contributed by atoms with Crippen molar-refractivity contribution < 1.29 is 4.79 Å². The van der Waals surface area contributed by atoms with E-state index in [0.29, 0.717) is 17.3 Å². The van der Waals surface area contributed by atoms with Gasteiger partial charge in [0.1, 0.15) is 12.2 Å². The SMILES string of the molecule is CC(=O)Nc1cccc(-n2cnnc2SCc2nc3cc(Cl)ccc3n2Cc2ccccc2)c1. The van der Waals surface area contributed by atoms with E-state index in [-0.39, 0.29) is 5.91 Å². The normalized spacial score (nSPS) is 11.1. The smallest absolute Gasteiger partial charge is 0.221 e. The molecule has 7 nitrogen and oxygen atoms in total. The standard InChI is InChI=1S/C25H21ClN6OS/c1-17(33)28-20-8-5-9-21(13-20)32-16-27-30-25(32)34-15-24-29-22-12-19(26)10-11-23(22)31(24)14-18-6-3-2-4-7-18/h2-13,16H,14-15H2,1H3,(H,28,33). The van der Waals surface area contributed by atoms with Crippen LogP contribution in [0.1, 0.15) is 18.3 Å². The third-order valence-corrected chi connectivity index (χ3v) is 6.44. The summed E-state index contributed by atoms with van der Waals surface area (Å²) in [5.74, 6) is 1.41. The summed E-state index contributed by atoms with van der Waals surface area (Å²) < 4.78 is 4.11. The van der Waals surface area contributed by atoms with Crippen molar-refractivity contribution in [1.82, 2.24) is 24.3 Å². The van der Waals surface area contributed by atoms with Crippen molar-refractivity contribution >= 4 is 46.0 Å². The fourth-order valence-electron chi connectivity index (χ4n) is 3.77. The summed E-state index contributed by atoms with van der Waals surface area (Å²) in [5, 5.41) is 12.6. The Morgan fingerprint density at radius 3 is 2.74 bits per heavy atom. The van der Waals surface area contributed by atoms with Gasteiger partial charge in [-0.25, -0.2) is 4.98 Å². The van der Waals surface area contributed by atoms with E-state index >= 15 is 0 Å². The van der Waals surface area contributed by atoms with Crippen molar-refractivity contribution in [2.24, 2.45) is 0 Å². The van der Waals surface area contributed by atoms with Crippen molar-refractivity contribution in [3.63, 3.8) is 0 Å². The van der Waals surface area contributed by atoms with E-state index in [1.807, 2.05) is 65.2 Å². The van der Waals surface area contributed by atoms with Crippen LogP contribution in [0.4, 0.5) is 5.69 Å². The highest BCUT2D eigenvalue weighted by molar-refractivity contribution is 7.98. The van der Waals surface area contributed by atoms with E-state index in [9.17, 15) is 4.79 Å². The first-order chi connectivity index (χ1) is 16.6. The Morgan fingerprint density at radius 1 is 1.06 bits per heavy atom. The summed E-state index contributed by atoms with van der Waals surface area (Å²) in [7, 11) is 0. The van der Waals surface area contributed by atoms with Gasteiger partial charge in [0.15, 0.2) is 5.16 Å². The van der Waals surface area contributed by atoms with Crippen LogP contribution in [0.2, 0.25) is 5.02 Å². The van der Waals surface area contributed by atoms with E-state index in [1.165, 1.54) is 12.5 Å². The minimum atomic E-state index is -0.118. The first-order valence-electron chi connectivity index (χ1n) is 10.7. The van der Waals surface area contributed by atoms with Crippen molar-refractivity contribution in [2.75, 3.05) is 5.32 Å². The molecule has 0 fully saturated rings. The number of benzene rings is 3. The Bertz CT molecular complexity index is 1460. The van der Waals surface area contributed by atoms with Crippen LogP contribution in [0, 0.1) is 0 Å². The molecule has 9 heteroatoms. The van der Waals surface area contributed by atoms with Gasteiger partial charge in [0.25, 0.3) is 0 Å². The molecule has 0 aliphatic carbocycles. The summed E-state index contributed by atoms with van der Waals surface area (Å²) >= 11 is 7.78. The molecular weight excluding hydrogens is 468 g/mol. The van der Waals surface area contributed by atoms with Crippen LogP contribution < -0.4 is 5.32 Å². The number of hydrogen-bond donors (Lipinski definition) is 1. The molecule has 3 aromatic carbocycles. The predicted octanol–water partition coefficient (Wildman–Crippen LogP) is 5.57. The van der Waals surface area contributed by atoms with Crippen LogP contribution in [0.3, 0.4) is 0 Å². The molecule has 0 unspecified atom stereocenters. The zero-order chi connectivity index (χ0) is 23.5. The molecule has 0 saturated carbocycles. The summed E-state index contributed by atoms with van der Waals surface area (Å²) in [4.78, 5) is 16.3. The molecule has 0 saturated heterocycles. The first-order valence-corrected chi connectivity index (χ1v) is 12.0. The maximum absolute atomic E-state index is 11.4. The molecule has 1 amide bonds. The molecule has 34 heavy (non-hydrogen) atoms. The second-order valence-corrected chi connectivity index (χ2v) is 9.12. The number of carbonyl (C=O) groups excluding carboxylic acids is 1. The summed E-state index contributed by atoms with van der Waals surface area (Å²) in [6.45, 7) is 2.20. The largest absolute Gasteiger partial charge is 0.326 e. The molecule has 0 atom stereocenters. The van der Waals surface area contributed by atoms with Gasteiger partial charge >= 0.3 is 0 Å². The average Bonchev–Trinajstić information content (AvgIpc) is 3.42. The number of hydrogen-bond acceptors (Lipinski definition) is 5. The highest BCUT2D eigenvalue weighted by Gasteiger charge is 2.15. The number of anilines is 1. The van der Waals surface area contributed by atoms with Crippen LogP contribution in [0.5, 0.6) is 0 Å². The zero-order valence-corrected chi connectivity index (χ0v) is 19.9. The van der Waals surface area contributed by atoms with Gasteiger partial charge < -0.3 is 9.88 Å². The number of thioether (sulfide) groups is 1. The van der Waals surface area contributed by atoms with Crippen molar-refractivity contribution in [2.45, 2.75) is 24.4 Å². The lowest BCUT2D eigenvalue weighted by Crippen LogP contribution is -2.06. The predicted molar refractivity (Wildman–Crippen MR) is 136 cm³/mol. The zero-order valence-electron chi connectivity index (χ0n) is 18.4. The number of nitrogens with one attached hydrogen (secondary N) is 1. The van der Waals surface area contributed by atoms with E-state index < -0.39 is 0 Å². The van der Waals surface area contributed by atoms with E-state index in [4.69, 9.17) is 16.6 Å². The molecule has 2 aromatic heterocycles. The Hall–Kier alpha value is -3.62. The number of carbonyl (C=O) groups is 1. The third-order valence-electron chi connectivity index (χ3n) is 5.26. The van der Waals surface area contributed by atoms with Gasteiger partial charge in [0.05, 0.1) is 22.5 Å². The molecule has 0 radical (unpaired) electrons. The fraction of sp³-hybridized carbons (Fsp3) is 0.120. The third kappa shape index (κ3) is 4.83.